The number of aliphatic hydroxyl groups is 2. The monoisotopic (exact) mass is 498 g/mol. The van der Waals surface area contributed by atoms with Crippen LogP contribution in [0.15, 0.2) is 91.0 Å². The predicted molar refractivity (Wildman–Crippen MR) is 135 cm³/mol. The first-order valence-electron chi connectivity index (χ1n) is 12.0. The lowest BCUT2D eigenvalue weighted by Gasteiger charge is -2.39. The highest BCUT2D eigenvalue weighted by molar-refractivity contribution is 5.56. The molecule has 2 aliphatic heterocycles. The fourth-order valence-corrected chi connectivity index (χ4v) is 4.56. The van der Waals surface area contributed by atoms with Gasteiger partial charge in [0, 0.05) is 23.3 Å². The van der Waals surface area contributed by atoms with Crippen LogP contribution in [-0.2, 0) is 18.8 Å². The van der Waals surface area contributed by atoms with Gasteiger partial charge in [-0.2, -0.15) is 0 Å². The number of hydrogen-bond donors (Lipinski definition) is 2. The van der Waals surface area contributed by atoms with Crippen molar-refractivity contribution in [3.8, 4) is 28.7 Å². The van der Waals surface area contributed by atoms with Gasteiger partial charge in [-0.15, -0.1) is 0 Å². The van der Waals surface area contributed by atoms with Crippen LogP contribution in [0.2, 0.25) is 0 Å². The van der Waals surface area contributed by atoms with Crippen LogP contribution in [0, 0.1) is 0 Å². The predicted octanol–water partition coefficient (Wildman–Crippen LogP) is 4.89. The van der Waals surface area contributed by atoms with Crippen molar-refractivity contribution in [2.24, 2.45) is 0 Å². The van der Waals surface area contributed by atoms with Crippen molar-refractivity contribution in [3.05, 3.63) is 113 Å². The summed E-state index contributed by atoms with van der Waals surface area (Å²) in [6, 6.07) is 28.1. The molecule has 6 rings (SSSR count). The number of benzene rings is 4. The molecule has 2 aliphatic rings. The van der Waals surface area contributed by atoms with Crippen LogP contribution >= 0.6 is 0 Å². The first-order chi connectivity index (χ1) is 18.1. The van der Waals surface area contributed by atoms with Crippen molar-refractivity contribution < 1.29 is 33.9 Å². The third kappa shape index (κ3) is 4.55. The fraction of sp³-hybridized carbons (Fsp3) is 0.200. The average molecular weight is 499 g/mol. The van der Waals surface area contributed by atoms with Crippen molar-refractivity contribution in [2.45, 2.75) is 24.9 Å². The van der Waals surface area contributed by atoms with E-state index in [4.69, 9.17) is 23.7 Å². The van der Waals surface area contributed by atoms with E-state index in [1.54, 1.807) is 30.3 Å². The Hall–Kier alpha value is -4.20. The molecule has 0 amide bonds. The highest BCUT2D eigenvalue weighted by Crippen LogP contribution is 2.50. The second kappa shape index (κ2) is 9.69. The van der Waals surface area contributed by atoms with Crippen molar-refractivity contribution in [1.29, 1.82) is 0 Å². The lowest BCUT2D eigenvalue weighted by molar-refractivity contribution is -0.122. The Balaban J connectivity index is 1.27. The third-order valence-electron chi connectivity index (χ3n) is 6.61. The van der Waals surface area contributed by atoms with E-state index in [-0.39, 0.29) is 20.0 Å². The molecule has 0 aromatic heterocycles. The highest BCUT2D eigenvalue weighted by Gasteiger charge is 2.47. The standard InChI is InChI=1S/C30H26O7/c31-29-23-12-11-22(33-16-20-7-3-1-4-8-20)13-25(23)35-18-30(29,32)24-14-27-28(37-19-36-27)15-26(24)34-17-21-9-5-2-6-10-21/h1-15,29,31-32H,16-19H2/t29-,30-/m0/s1. The Labute approximate surface area is 214 Å². The first-order valence-corrected chi connectivity index (χ1v) is 12.0. The molecule has 0 radical (unpaired) electrons. The number of ether oxygens (including phenoxy) is 5. The smallest absolute Gasteiger partial charge is 0.231 e. The summed E-state index contributed by atoms with van der Waals surface area (Å²) in [5.74, 6) is 2.43. The van der Waals surface area contributed by atoms with Crippen molar-refractivity contribution >= 4 is 0 Å². The van der Waals surface area contributed by atoms with Crippen LogP contribution < -0.4 is 23.7 Å². The lowest BCUT2D eigenvalue weighted by Crippen LogP contribution is -2.43. The van der Waals surface area contributed by atoms with E-state index < -0.39 is 11.7 Å². The summed E-state index contributed by atoms with van der Waals surface area (Å²) in [4.78, 5) is 0. The Morgan fingerprint density at radius 2 is 1.38 bits per heavy atom. The zero-order chi connectivity index (χ0) is 25.2. The largest absolute Gasteiger partial charge is 0.490 e. The molecule has 0 aliphatic carbocycles. The molecule has 0 spiro atoms. The van der Waals surface area contributed by atoms with Gasteiger partial charge in [-0.05, 0) is 29.3 Å². The van der Waals surface area contributed by atoms with Gasteiger partial charge in [-0.3, -0.25) is 0 Å². The molecule has 0 unspecified atom stereocenters. The molecule has 4 aromatic rings. The Kier molecular flexibility index (Phi) is 6.08. The molecule has 7 heteroatoms. The Morgan fingerprint density at radius 1 is 0.730 bits per heavy atom. The van der Waals surface area contributed by atoms with Crippen LogP contribution in [0.5, 0.6) is 28.7 Å². The molecule has 188 valence electrons. The maximum absolute atomic E-state index is 11.8. The molecule has 2 heterocycles. The average Bonchev–Trinajstić information content (AvgIpc) is 3.41. The van der Waals surface area contributed by atoms with Gasteiger partial charge in [0.25, 0.3) is 0 Å². The van der Waals surface area contributed by atoms with E-state index >= 15 is 0 Å². The molecule has 0 fully saturated rings. The molecule has 0 saturated carbocycles. The van der Waals surface area contributed by atoms with Crippen LogP contribution in [0.4, 0.5) is 0 Å². The van der Waals surface area contributed by atoms with Crippen molar-refractivity contribution in [3.63, 3.8) is 0 Å². The summed E-state index contributed by atoms with van der Waals surface area (Å²) in [6.07, 6.45) is -1.28. The third-order valence-corrected chi connectivity index (χ3v) is 6.61. The van der Waals surface area contributed by atoms with E-state index in [0.29, 0.717) is 46.5 Å². The van der Waals surface area contributed by atoms with E-state index in [0.717, 1.165) is 11.1 Å². The van der Waals surface area contributed by atoms with Gasteiger partial charge in [-0.25, -0.2) is 0 Å². The molecule has 0 saturated heterocycles. The number of fused-ring (bicyclic) bond motifs is 2. The molecule has 7 nitrogen and oxygen atoms in total. The van der Waals surface area contributed by atoms with Gasteiger partial charge in [-0.1, -0.05) is 60.7 Å². The topological polar surface area (TPSA) is 86.6 Å². The summed E-state index contributed by atoms with van der Waals surface area (Å²) in [7, 11) is 0. The SMILES string of the molecule is O[C@H]1c2ccc(OCc3ccccc3)cc2OC[C@]1(O)c1cc2c(cc1OCc1ccccc1)OCO2. The molecular formula is C30H26O7. The zero-order valence-corrected chi connectivity index (χ0v) is 20.0. The Bertz CT molecular complexity index is 1390. The summed E-state index contributed by atoms with van der Waals surface area (Å²) < 4.78 is 29.1. The molecular weight excluding hydrogens is 472 g/mol. The number of aliphatic hydroxyl groups excluding tert-OH is 1. The highest BCUT2D eigenvalue weighted by atomic mass is 16.7. The minimum absolute atomic E-state index is 0.0724. The summed E-state index contributed by atoms with van der Waals surface area (Å²) >= 11 is 0. The van der Waals surface area contributed by atoms with Gasteiger partial charge in [0.15, 0.2) is 17.1 Å². The molecule has 2 N–H and O–H groups in total. The number of hydrogen-bond acceptors (Lipinski definition) is 7. The van der Waals surface area contributed by atoms with Crippen molar-refractivity contribution in [2.75, 3.05) is 13.4 Å². The summed E-state index contributed by atoms with van der Waals surface area (Å²) in [5.41, 5.74) is 1.03. The van der Waals surface area contributed by atoms with Gasteiger partial charge in [0.05, 0.1) is 0 Å². The van der Waals surface area contributed by atoms with Gasteiger partial charge >= 0.3 is 0 Å². The van der Waals surface area contributed by atoms with Crippen molar-refractivity contribution in [1.82, 2.24) is 0 Å². The zero-order valence-electron chi connectivity index (χ0n) is 20.0. The quantitative estimate of drug-likeness (QED) is 0.375. The van der Waals surface area contributed by atoms with E-state index in [1.165, 1.54) is 0 Å². The molecule has 4 aromatic carbocycles. The fourth-order valence-electron chi connectivity index (χ4n) is 4.56. The maximum atomic E-state index is 11.8. The maximum Gasteiger partial charge on any atom is 0.231 e. The lowest BCUT2D eigenvalue weighted by atomic mass is 9.82. The van der Waals surface area contributed by atoms with Gasteiger partial charge < -0.3 is 33.9 Å². The van der Waals surface area contributed by atoms with Crippen LogP contribution in [0.3, 0.4) is 0 Å². The van der Waals surface area contributed by atoms with Crippen LogP contribution in [0.25, 0.3) is 0 Å². The van der Waals surface area contributed by atoms with Gasteiger partial charge in [0.1, 0.15) is 43.2 Å². The van der Waals surface area contributed by atoms with Crippen LogP contribution in [0.1, 0.15) is 28.4 Å². The summed E-state index contributed by atoms with van der Waals surface area (Å²) in [6.45, 7) is 0.568. The first kappa shape index (κ1) is 23.2. The molecule has 37 heavy (non-hydrogen) atoms. The second-order valence-corrected chi connectivity index (χ2v) is 9.07. The Morgan fingerprint density at radius 3 is 2.08 bits per heavy atom. The second-order valence-electron chi connectivity index (χ2n) is 9.07. The minimum atomic E-state index is -1.79. The van der Waals surface area contributed by atoms with E-state index in [9.17, 15) is 10.2 Å². The minimum Gasteiger partial charge on any atom is -0.490 e. The normalized spacial score (nSPS) is 19.6. The number of rotatable bonds is 7. The molecule has 0 bridgehead atoms. The van der Waals surface area contributed by atoms with Gasteiger partial charge in [0.2, 0.25) is 6.79 Å². The van der Waals surface area contributed by atoms with E-state index in [2.05, 4.69) is 0 Å². The van der Waals surface area contributed by atoms with E-state index in [1.807, 2.05) is 60.7 Å². The molecule has 2 atom stereocenters. The summed E-state index contributed by atoms with van der Waals surface area (Å²) in [5, 5.41) is 23.2. The van der Waals surface area contributed by atoms with Crippen LogP contribution in [-0.4, -0.2) is 23.6 Å².